The first-order valence-corrected chi connectivity index (χ1v) is 6.86. The van der Waals surface area contributed by atoms with Gasteiger partial charge in [0.1, 0.15) is 0 Å². The number of rotatable bonds is 5. The van der Waals surface area contributed by atoms with Crippen LogP contribution in [0.25, 0.3) is 0 Å². The normalized spacial score (nSPS) is 21.0. The van der Waals surface area contributed by atoms with Crippen molar-refractivity contribution < 1.29 is 19.5 Å². The molecule has 0 bridgehead atoms. The Hall–Kier alpha value is -2.37. The van der Waals surface area contributed by atoms with Gasteiger partial charge in [-0.05, 0) is 37.0 Å². The maximum absolute atomic E-state index is 12.0. The maximum Gasteiger partial charge on any atom is 0.306 e. The molecule has 0 unspecified atom stereocenters. The van der Waals surface area contributed by atoms with Crippen LogP contribution in [0.3, 0.4) is 0 Å². The molecule has 1 saturated carbocycles. The molecule has 0 radical (unpaired) electrons. The second kappa shape index (κ2) is 6.39. The van der Waals surface area contributed by atoms with Crippen molar-refractivity contribution in [2.75, 3.05) is 0 Å². The largest absolute Gasteiger partial charge is 0.481 e. The molecule has 4 N–H and O–H groups in total. The van der Waals surface area contributed by atoms with E-state index in [9.17, 15) is 14.4 Å². The van der Waals surface area contributed by atoms with Gasteiger partial charge in [-0.15, -0.1) is 0 Å². The van der Waals surface area contributed by atoms with Gasteiger partial charge in [-0.2, -0.15) is 0 Å². The Morgan fingerprint density at radius 1 is 1.24 bits per heavy atom. The highest BCUT2D eigenvalue weighted by Gasteiger charge is 2.33. The van der Waals surface area contributed by atoms with E-state index in [0.717, 1.165) is 5.56 Å². The van der Waals surface area contributed by atoms with Gasteiger partial charge in [-0.3, -0.25) is 14.4 Å². The minimum Gasteiger partial charge on any atom is -0.481 e. The van der Waals surface area contributed by atoms with Gasteiger partial charge in [0.05, 0.1) is 5.92 Å². The highest BCUT2D eigenvalue weighted by Crippen LogP contribution is 2.31. The van der Waals surface area contributed by atoms with Crippen molar-refractivity contribution >= 4 is 17.8 Å². The number of nitrogens with two attached hydrogens (primary N) is 1. The Kier molecular flexibility index (Phi) is 4.57. The molecular formula is C15H18N2O4. The van der Waals surface area contributed by atoms with Crippen LogP contribution in [-0.4, -0.2) is 22.9 Å². The summed E-state index contributed by atoms with van der Waals surface area (Å²) in [4.78, 5) is 34.0. The summed E-state index contributed by atoms with van der Waals surface area (Å²) >= 11 is 0. The molecule has 1 aromatic rings. The molecule has 112 valence electrons. The quantitative estimate of drug-likeness (QED) is 0.748. The Balaban J connectivity index is 1.88. The van der Waals surface area contributed by atoms with E-state index in [0.29, 0.717) is 31.4 Å². The number of carboxylic acid groups (broad SMARTS) is 1. The van der Waals surface area contributed by atoms with Crippen molar-refractivity contribution in [3.63, 3.8) is 0 Å². The topological polar surface area (TPSA) is 109 Å². The number of amides is 2. The van der Waals surface area contributed by atoms with Crippen LogP contribution in [0.2, 0.25) is 0 Å². The van der Waals surface area contributed by atoms with Crippen LogP contribution < -0.4 is 11.1 Å². The number of hydrogen-bond donors (Lipinski definition) is 3. The van der Waals surface area contributed by atoms with Crippen LogP contribution in [0.15, 0.2) is 24.3 Å². The summed E-state index contributed by atoms with van der Waals surface area (Å²) in [6.45, 7) is 0.300. The van der Waals surface area contributed by atoms with E-state index in [1.807, 2.05) is 0 Å². The maximum atomic E-state index is 12.0. The number of carboxylic acids is 1. The molecule has 1 fully saturated rings. The average molecular weight is 290 g/mol. The minimum atomic E-state index is -0.834. The van der Waals surface area contributed by atoms with Gasteiger partial charge < -0.3 is 16.2 Å². The van der Waals surface area contributed by atoms with Crippen LogP contribution in [0.5, 0.6) is 0 Å². The van der Waals surface area contributed by atoms with Gasteiger partial charge in [0.25, 0.3) is 0 Å². The van der Waals surface area contributed by atoms with Crippen LogP contribution in [0.1, 0.15) is 35.2 Å². The molecular weight excluding hydrogens is 272 g/mol. The van der Waals surface area contributed by atoms with Gasteiger partial charge in [-0.25, -0.2) is 0 Å². The molecule has 1 aliphatic carbocycles. The van der Waals surface area contributed by atoms with Crippen LogP contribution in [-0.2, 0) is 16.1 Å². The molecule has 0 aliphatic heterocycles. The summed E-state index contributed by atoms with van der Waals surface area (Å²) < 4.78 is 0. The van der Waals surface area contributed by atoms with Crippen molar-refractivity contribution in [3.05, 3.63) is 35.4 Å². The summed E-state index contributed by atoms with van der Waals surface area (Å²) in [5.74, 6) is -2.14. The molecule has 6 nitrogen and oxygen atoms in total. The van der Waals surface area contributed by atoms with E-state index in [1.54, 1.807) is 24.3 Å². The first-order chi connectivity index (χ1) is 9.97. The Bertz CT molecular complexity index is 571. The van der Waals surface area contributed by atoms with E-state index in [2.05, 4.69) is 5.32 Å². The zero-order chi connectivity index (χ0) is 15.4. The van der Waals surface area contributed by atoms with Gasteiger partial charge in [0.15, 0.2) is 0 Å². The standard InChI is InChI=1S/C15H18N2O4/c16-13(18)10-3-1-2-9(6-10)8-17-14(19)11-4-5-12(7-11)15(20)21/h1-3,6,11-12H,4-5,7-8H2,(H2,16,18)(H,17,19)(H,20,21)/t11-,12+/m1/s1. The first kappa shape index (κ1) is 15.0. The fourth-order valence-electron chi connectivity index (χ4n) is 2.61. The number of carbonyl (C=O) groups excluding carboxylic acids is 2. The van der Waals surface area contributed by atoms with Gasteiger partial charge in [-0.1, -0.05) is 12.1 Å². The Morgan fingerprint density at radius 3 is 2.57 bits per heavy atom. The first-order valence-electron chi connectivity index (χ1n) is 6.86. The lowest BCUT2D eigenvalue weighted by Gasteiger charge is -2.11. The summed E-state index contributed by atoms with van der Waals surface area (Å²) in [6, 6.07) is 6.75. The summed E-state index contributed by atoms with van der Waals surface area (Å²) in [7, 11) is 0. The summed E-state index contributed by atoms with van der Waals surface area (Å²) in [5.41, 5.74) is 6.38. The molecule has 2 atom stereocenters. The minimum absolute atomic E-state index is 0.136. The van der Waals surface area contributed by atoms with Gasteiger partial charge in [0, 0.05) is 18.0 Å². The van der Waals surface area contributed by atoms with E-state index in [4.69, 9.17) is 10.8 Å². The fraction of sp³-hybridized carbons (Fsp3) is 0.400. The molecule has 0 aromatic heterocycles. The van der Waals surface area contributed by atoms with Crippen LogP contribution in [0.4, 0.5) is 0 Å². The number of carbonyl (C=O) groups is 3. The number of benzene rings is 1. The predicted octanol–water partition coefficient (Wildman–Crippen LogP) is 0.903. The van der Waals surface area contributed by atoms with E-state index in [-0.39, 0.29) is 11.8 Å². The molecule has 2 amide bonds. The lowest BCUT2D eigenvalue weighted by atomic mass is 10.0. The van der Waals surface area contributed by atoms with Crippen molar-refractivity contribution in [1.82, 2.24) is 5.32 Å². The molecule has 0 heterocycles. The number of hydrogen-bond acceptors (Lipinski definition) is 3. The van der Waals surface area contributed by atoms with E-state index in [1.165, 1.54) is 0 Å². The van der Waals surface area contributed by atoms with E-state index >= 15 is 0 Å². The highest BCUT2D eigenvalue weighted by atomic mass is 16.4. The second-order valence-corrected chi connectivity index (χ2v) is 5.33. The second-order valence-electron chi connectivity index (χ2n) is 5.33. The fourth-order valence-corrected chi connectivity index (χ4v) is 2.61. The number of primary amides is 1. The third kappa shape index (κ3) is 3.81. The van der Waals surface area contributed by atoms with Crippen molar-refractivity contribution in [2.45, 2.75) is 25.8 Å². The zero-order valence-corrected chi connectivity index (χ0v) is 11.5. The highest BCUT2D eigenvalue weighted by molar-refractivity contribution is 5.92. The lowest BCUT2D eigenvalue weighted by Crippen LogP contribution is -2.29. The molecule has 0 spiro atoms. The summed E-state index contributed by atoms with van der Waals surface area (Å²) in [6.07, 6.45) is 1.54. The monoisotopic (exact) mass is 290 g/mol. The summed E-state index contributed by atoms with van der Waals surface area (Å²) in [5, 5.41) is 11.7. The molecule has 6 heteroatoms. The smallest absolute Gasteiger partial charge is 0.306 e. The van der Waals surface area contributed by atoms with Crippen molar-refractivity contribution in [1.29, 1.82) is 0 Å². The Morgan fingerprint density at radius 2 is 1.95 bits per heavy atom. The molecule has 2 rings (SSSR count). The molecule has 1 aliphatic rings. The number of aliphatic carboxylic acids is 1. The van der Waals surface area contributed by atoms with Crippen LogP contribution in [0, 0.1) is 11.8 Å². The van der Waals surface area contributed by atoms with Gasteiger partial charge >= 0.3 is 5.97 Å². The molecule has 1 aromatic carbocycles. The van der Waals surface area contributed by atoms with E-state index < -0.39 is 17.8 Å². The lowest BCUT2D eigenvalue weighted by molar-refractivity contribution is -0.141. The molecule has 0 saturated heterocycles. The predicted molar refractivity (Wildman–Crippen MR) is 75.3 cm³/mol. The Labute approximate surface area is 122 Å². The van der Waals surface area contributed by atoms with Crippen molar-refractivity contribution in [2.24, 2.45) is 17.6 Å². The van der Waals surface area contributed by atoms with Crippen molar-refractivity contribution in [3.8, 4) is 0 Å². The SMILES string of the molecule is NC(=O)c1cccc(CNC(=O)[C@@H]2CC[C@H](C(=O)O)C2)c1. The average Bonchev–Trinajstić information content (AvgIpc) is 2.95. The third-order valence-electron chi connectivity index (χ3n) is 3.83. The zero-order valence-electron chi connectivity index (χ0n) is 11.5. The van der Waals surface area contributed by atoms with Gasteiger partial charge in [0.2, 0.25) is 11.8 Å². The third-order valence-corrected chi connectivity index (χ3v) is 3.83. The molecule has 21 heavy (non-hydrogen) atoms. The number of nitrogens with one attached hydrogen (secondary N) is 1. The van der Waals surface area contributed by atoms with Crippen LogP contribution >= 0.6 is 0 Å².